The van der Waals surface area contributed by atoms with Gasteiger partial charge in [0.15, 0.2) is 0 Å². The van der Waals surface area contributed by atoms with E-state index in [1.807, 2.05) is 60.7 Å². The standard InChI is InChI=1S/C14H10.C7H16.C4H12NO4P.2Y/c1-3-7-13(8-4-1)11-12-14-9-5-2-6-10-14;1-6(2)7(3,4)5;1-5-10(6,7)9-4-3-8-2;;/h1-9,12H;6H,1-5H3;3-4H2,1-2H3,(H2,5,6,7);;/q-2;;;;. The summed E-state index contributed by atoms with van der Waals surface area (Å²) in [6.07, 6.45) is 5.14. The van der Waals surface area contributed by atoms with Gasteiger partial charge in [0.2, 0.25) is 0 Å². The molecule has 5 nitrogen and oxygen atoms in total. The van der Waals surface area contributed by atoms with Crippen molar-refractivity contribution in [2.24, 2.45) is 11.3 Å². The van der Waals surface area contributed by atoms with Crippen molar-refractivity contribution < 1.29 is 84.1 Å². The first kappa shape index (κ1) is 38.0. The van der Waals surface area contributed by atoms with Gasteiger partial charge in [-0.1, -0.05) is 40.7 Å². The van der Waals surface area contributed by atoms with Crippen LogP contribution in [0, 0.1) is 23.5 Å². The number of hydrogen-bond donors (Lipinski definition) is 2. The van der Waals surface area contributed by atoms with E-state index < -0.39 is 7.75 Å². The Balaban J connectivity index is -0.000000423. The zero-order valence-corrected chi connectivity index (χ0v) is 27.6. The summed E-state index contributed by atoms with van der Waals surface area (Å²) < 4.78 is 19.7. The van der Waals surface area contributed by atoms with E-state index in [0.717, 1.165) is 17.0 Å². The molecule has 180 valence electrons. The van der Waals surface area contributed by atoms with E-state index in [1.165, 1.54) is 14.2 Å². The Hall–Kier alpha value is 0.458. The van der Waals surface area contributed by atoms with Crippen LogP contribution in [-0.4, -0.2) is 32.3 Å². The van der Waals surface area contributed by atoms with Crippen LogP contribution in [0.3, 0.4) is 0 Å². The summed E-state index contributed by atoms with van der Waals surface area (Å²) >= 11 is 0. The van der Waals surface area contributed by atoms with Crippen molar-refractivity contribution in [1.29, 1.82) is 0 Å². The van der Waals surface area contributed by atoms with Gasteiger partial charge in [-0.2, -0.15) is 35.9 Å². The van der Waals surface area contributed by atoms with Crippen LogP contribution in [0.1, 0.15) is 45.7 Å². The molecule has 0 aliphatic heterocycles. The number of methoxy groups -OCH3 is 1. The van der Waals surface area contributed by atoms with Crippen molar-refractivity contribution in [2.45, 2.75) is 34.6 Å². The molecular weight excluding hydrogens is 587 g/mol. The van der Waals surface area contributed by atoms with Crippen molar-refractivity contribution in [3.05, 3.63) is 77.9 Å². The first-order chi connectivity index (χ1) is 14.5. The molecule has 33 heavy (non-hydrogen) atoms. The van der Waals surface area contributed by atoms with Crippen LogP contribution in [0.5, 0.6) is 0 Å². The van der Waals surface area contributed by atoms with E-state index in [9.17, 15) is 4.57 Å². The number of ether oxygens (including phenoxy) is 1. The second-order valence-electron chi connectivity index (χ2n) is 8.06. The maximum Gasteiger partial charge on any atom is 0.402 e. The molecule has 8 heteroatoms. The first-order valence-electron chi connectivity index (χ1n) is 10.3. The fraction of sp³-hybridized carbons (Fsp3) is 0.440. The van der Waals surface area contributed by atoms with E-state index in [4.69, 9.17) is 4.89 Å². The third kappa shape index (κ3) is 22.7. The molecule has 0 fully saturated rings. The smallest absolute Gasteiger partial charge is 0.382 e. The Labute approximate surface area is 251 Å². The number of nitrogens with one attached hydrogen (secondary N) is 1. The molecule has 0 heterocycles. The Morgan fingerprint density at radius 1 is 1.09 bits per heavy atom. The summed E-state index contributed by atoms with van der Waals surface area (Å²) in [6.45, 7) is 11.7. The Morgan fingerprint density at radius 3 is 2.06 bits per heavy atom. The van der Waals surface area contributed by atoms with Crippen LogP contribution in [0.15, 0.2) is 54.6 Å². The number of hydrogen-bond acceptors (Lipinski definition) is 3. The summed E-state index contributed by atoms with van der Waals surface area (Å²) in [5, 5.41) is 2.13. The van der Waals surface area contributed by atoms with Crippen LogP contribution in [0.4, 0.5) is 0 Å². The van der Waals surface area contributed by atoms with E-state index in [-0.39, 0.29) is 72.0 Å². The minimum Gasteiger partial charge on any atom is -0.382 e. The number of benzene rings is 2. The second kappa shape index (κ2) is 21.7. The normalized spacial score (nSPS) is 12.3. The third-order valence-electron chi connectivity index (χ3n) is 4.47. The van der Waals surface area contributed by atoms with Crippen molar-refractivity contribution >= 4 is 13.8 Å². The fourth-order valence-electron chi connectivity index (χ4n) is 1.50. The van der Waals surface area contributed by atoms with Crippen LogP contribution >= 0.6 is 7.75 Å². The van der Waals surface area contributed by atoms with Gasteiger partial charge in [-0.3, -0.25) is 4.52 Å². The van der Waals surface area contributed by atoms with Crippen LogP contribution < -0.4 is 5.09 Å². The number of rotatable bonds is 7. The Morgan fingerprint density at radius 2 is 1.64 bits per heavy atom. The van der Waals surface area contributed by atoms with Gasteiger partial charge < -0.3 is 9.63 Å². The molecular formula is C25H38NO4PY2-2. The quantitative estimate of drug-likeness (QED) is 0.171. The molecule has 1 atom stereocenters. The zero-order chi connectivity index (χ0) is 23.8. The van der Waals surface area contributed by atoms with Gasteiger partial charge in [-0.05, 0) is 18.4 Å². The topological polar surface area (TPSA) is 67.8 Å². The van der Waals surface area contributed by atoms with Crippen molar-refractivity contribution in [3.8, 4) is 0 Å². The van der Waals surface area contributed by atoms with Crippen molar-refractivity contribution in [3.63, 3.8) is 0 Å². The molecule has 0 amide bonds. The monoisotopic (exact) mass is 625 g/mol. The van der Waals surface area contributed by atoms with Crippen molar-refractivity contribution in [1.82, 2.24) is 5.09 Å². The van der Waals surface area contributed by atoms with E-state index in [2.05, 4.69) is 61.1 Å². The molecule has 0 bridgehead atoms. The molecule has 1 unspecified atom stereocenters. The maximum absolute atomic E-state index is 10.6. The molecule has 0 aliphatic carbocycles. The predicted molar refractivity (Wildman–Crippen MR) is 130 cm³/mol. The predicted octanol–water partition coefficient (Wildman–Crippen LogP) is 6.00. The average Bonchev–Trinajstić information content (AvgIpc) is 2.74. The molecule has 0 aliphatic rings. The molecule has 0 spiro atoms. The largest absolute Gasteiger partial charge is 0.402 e. The first-order valence-corrected chi connectivity index (χ1v) is 11.9. The Kier molecular flexibility index (Phi) is 25.0. The molecule has 2 aromatic rings. The fourth-order valence-corrected chi connectivity index (χ4v) is 1.95. The summed E-state index contributed by atoms with van der Waals surface area (Å²) in [5.74, 6) is 0.799. The Bertz CT molecular complexity index is 725. The molecule has 2 radical (unpaired) electrons. The minimum atomic E-state index is -3.53. The van der Waals surface area contributed by atoms with Gasteiger partial charge in [0.1, 0.15) is 0 Å². The van der Waals surface area contributed by atoms with Gasteiger partial charge >= 0.3 is 7.75 Å². The maximum atomic E-state index is 10.6. The van der Waals surface area contributed by atoms with Crippen LogP contribution in [0.25, 0.3) is 6.08 Å². The second-order valence-corrected chi connectivity index (χ2v) is 9.81. The van der Waals surface area contributed by atoms with E-state index in [0.29, 0.717) is 12.0 Å². The van der Waals surface area contributed by atoms with Gasteiger partial charge in [0, 0.05) is 72.5 Å². The van der Waals surface area contributed by atoms with Crippen LogP contribution in [0.2, 0.25) is 0 Å². The van der Waals surface area contributed by atoms with Crippen LogP contribution in [-0.2, 0) is 79.2 Å². The summed E-state index contributed by atoms with van der Waals surface area (Å²) in [5.41, 5.74) is 2.64. The van der Waals surface area contributed by atoms with Gasteiger partial charge in [0.25, 0.3) is 0 Å². The van der Waals surface area contributed by atoms with Gasteiger partial charge in [-0.15, -0.1) is 30.3 Å². The third-order valence-corrected chi connectivity index (χ3v) is 5.57. The van der Waals surface area contributed by atoms with E-state index >= 15 is 0 Å². The molecule has 2 aromatic carbocycles. The molecule has 2 rings (SSSR count). The van der Waals surface area contributed by atoms with Crippen molar-refractivity contribution in [2.75, 3.05) is 27.4 Å². The molecule has 2 N–H and O–H groups in total. The summed E-state index contributed by atoms with van der Waals surface area (Å²) in [6, 6.07) is 21.0. The molecule has 0 saturated carbocycles. The van der Waals surface area contributed by atoms with Gasteiger partial charge in [-0.25, -0.2) is 21.3 Å². The SMILES string of the molecule is CC(C)C(C)(C)C.CNP(=O)(O)OCCOC.[C-](=Cc1[c-]cccc1)c1ccccc1.[Y].[Y]. The zero-order valence-electron chi connectivity index (χ0n) is 21.0. The summed E-state index contributed by atoms with van der Waals surface area (Å²) in [4.78, 5) is 8.72. The average molecular weight is 625 g/mol. The van der Waals surface area contributed by atoms with E-state index in [1.54, 1.807) is 0 Å². The molecule has 0 aromatic heterocycles. The minimum absolute atomic E-state index is 0. The molecule has 0 saturated heterocycles. The summed E-state index contributed by atoms with van der Waals surface area (Å²) in [7, 11) is -0.687. The van der Waals surface area contributed by atoms with Gasteiger partial charge in [0.05, 0.1) is 13.2 Å².